The fraction of sp³-hybridized carbons (Fsp3) is 0.208. The van der Waals surface area contributed by atoms with E-state index in [1.165, 1.54) is 11.3 Å². The van der Waals surface area contributed by atoms with E-state index < -0.39 is 0 Å². The predicted molar refractivity (Wildman–Crippen MR) is 126 cm³/mol. The van der Waals surface area contributed by atoms with Gasteiger partial charge in [0.05, 0.1) is 18.2 Å². The van der Waals surface area contributed by atoms with E-state index in [1.807, 2.05) is 23.8 Å². The molecule has 4 rings (SSSR count). The van der Waals surface area contributed by atoms with Crippen molar-refractivity contribution in [2.45, 2.75) is 25.9 Å². The number of fused-ring (bicyclic) bond motifs is 1. The monoisotopic (exact) mass is 464 g/mol. The van der Waals surface area contributed by atoms with Crippen LogP contribution in [0.4, 0.5) is 0 Å². The number of phenolic OH excluding ortho intramolecular Hbond substituents is 1. The SMILES string of the molecule is CC[C@@H](CO)NC(=O)c1c(-c2ccsc2)nc2c(C(=O)NCc3ccc(O)cc3)cccn12. The topological polar surface area (TPSA) is 116 Å². The Hall–Kier alpha value is -3.69. The first-order valence-corrected chi connectivity index (χ1v) is 11.5. The highest BCUT2D eigenvalue weighted by atomic mass is 32.1. The van der Waals surface area contributed by atoms with Gasteiger partial charge in [-0.3, -0.25) is 14.0 Å². The molecule has 33 heavy (non-hydrogen) atoms. The van der Waals surface area contributed by atoms with Crippen molar-refractivity contribution in [1.29, 1.82) is 0 Å². The van der Waals surface area contributed by atoms with Crippen LogP contribution in [0.15, 0.2) is 59.4 Å². The number of aliphatic hydroxyl groups excluding tert-OH is 1. The Morgan fingerprint density at radius 2 is 1.94 bits per heavy atom. The van der Waals surface area contributed by atoms with Gasteiger partial charge in [-0.25, -0.2) is 4.98 Å². The minimum absolute atomic E-state index is 0.158. The van der Waals surface area contributed by atoms with E-state index >= 15 is 0 Å². The van der Waals surface area contributed by atoms with Crippen LogP contribution in [0, 0.1) is 0 Å². The second kappa shape index (κ2) is 9.85. The number of carbonyl (C=O) groups is 2. The van der Waals surface area contributed by atoms with Crippen molar-refractivity contribution in [2.75, 3.05) is 6.61 Å². The summed E-state index contributed by atoms with van der Waals surface area (Å²) in [5.74, 6) is -0.541. The molecule has 2 amide bonds. The van der Waals surface area contributed by atoms with Crippen LogP contribution < -0.4 is 10.6 Å². The molecule has 0 unspecified atom stereocenters. The normalized spacial score (nSPS) is 11.9. The third-order valence-corrected chi connectivity index (χ3v) is 6.03. The Balaban J connectivity index is 1.71. The molecule has 8 nitrogen and oxygen atoms in total. The number of aromatic nitrogens is 2. The summed E-state index contributed by atoms with van der Waals surface area (Å²) >= 11 is 1.49. The fourth-order valence-corrected chi connectivity index (χ4v) is 4.12. The van der Waals surface area contributed by atoms with Crippen molar-refractivity contribution in [1.82, 2.24) is 20.0 Å². The van der Waals surface area contributed by atoms with Crippen LogP contribution >= 0.6 is 11.3 Å². The Bertz CT molecular complexity index is 1260. The molecule has 9 heteroatoms. The summed E-state index contributed by atoms with van der Waals surface area (Å²) < 4.78 is 1.61. The molecular weight excluding hydrogens is 440 g/mol. The lowest BCUT2D eigenvalue weighted by molar-refractivity contribution is 0.0907. The second-order valence-corrected chi connectivity index (χ2v) is 8.33. The number of hydrogen-bond donors (Lipinski definition) is 4. The summed E-state index contributed by atoms with van der Waals surface area (Å²) in [5.41, 5.74) is 3.10. The van der Waals surface area contributed by atoms with Crippen molar-refractivity contribution in [3.63, 3.8) is 0 Å². The van der Waals surface area contributed by atoms with E-state index in [2.05, 4.69) is 15.6 Å². The molecule has 0 spiro atoms. The van der Waals surface area contributed by atoms with Crippen LogP contribution in [0.3, 0.4) is 0 Å². The van der Waals surface area contributed by atoms with Gasteiger partial charge in [0.25, 0.3) is 11.8 Å². The summed E-state index contributed by atoms with van der Waals surface area (Å²) in [6.07, 6.45) is 2.28. The average Bonchev–Trinajstić information content (AvgIpc) is 3.49. The molecule has 0 aliphatic carbocycles. The van der Waals surface area contributed by atoms with Crippen LogP contribution in [0.5, 0.6) is 5.75 Å². The molecule has 170 valence electrons. The molecule has 0 aliphatic heterocycles. The lowest BCUT2D eigenvalue weighted by Crippen LogP contribution is -2.37. The van der Waals surface area contributed by atoms with Crippen LogP contribution in [-0.2, 0) is 6.54 Å². The van der Waals surface area contributed by atoms with E-state index in [0.29, 0.717) is 29.0 Å². The molecule has 3 heterocycles. The van der Waals surface area contributed by atoms with Gasteiger partial charge >= 0.3 is 0 Å². The smallest absolute Gasteiger partial charge is 0.270 e. The highest BCUT2D eigenvalue weighted by Crippen LogP contribution is 2.28. The van der Waals surface area contributed by atoms with Gasteiger partial charge in [0.2, 0.25) is 0 Å². The lowest BCUT2D eigenvalue weighted by atomic mass is 10.1. The first-order chi connectivity index (χ1) is 16.0. The molecular formula is C24H24N4O4S. The minimum atomic E-state index is -0.379. The van der Waals surface area contributed by atoms with Crippen molar-refractivity contribution < 1.29 is 19.8 Å². The lowest BCUT2D eigenvalue weighted by Gasteiger charge is -2.14. The van der Waals surface area contributed by atoms with E-state index in [-0.39, 0.29) is 36.8 Å². The predicted octanol–water partition coefficient (Wildman–Crippen LogP) is 3.20. The third-order valence-electron chi connectivity index (χ3n) is 5.34. The summed E-state index contributed by atoms with van der Waals surface area (Å²) in [5, 5.41) is 28.4. The van der Waals surface area contributed by atoms with E-state index in [0.717, 1.165) is 11.1 Å². The zero-order valence-corrected chi connectivity index (χ0v) is 18.8. The van der Waals surface area contributed by atoms with Gasteiger partial charge in [0.1, 0.15) is 17.1 Å². The largest absolute Gasteiger partial charge is 0.508 e. The van der Waals surface area contributed by atoms with Crippen molar-refractivity contribution in [3.8, 4) is 17.0 Å². The van der Waals surface area contributed by atoms with Crippen LogP contribution in [0.2, 0.25) is 0 Å². The molecule has 1 aromatic carbocycles. The summed E-state index contributed by atoms with van der Waals surface area (Å²) in [6.45, 7) is 1.99. The number of phenols is 1. The van der Waals surface area contributed by atoms with Gasteiger partial charge < -0.3 is 20.8 Å². The highest BCUT2D eigenvalue weighted by Gasteiger charge is 2.25. The minimum Gasteiger partial charge on any atom is -0.508 e. The Morgan fingerprint density at radius 1 is 1.15 bits per heavy atom. The van der Waals surface area contributed by atoms with Crippen LogP contribution in [0.25, 0.3) is 16.9 Å². The Morgan fingerprint density at radius 3 is 2.61 bits per heavy atom. The van der Waals surface area contributed by atoms with Crippen molar-refractivity contribution >= 4 is 28.8 Å². The van der Waals surface area contributed by atoms with Gasteiger partial charge in [0, 0.05) is 23.7 Å². The molecule has 0 saturated carbocycles. The molecule has 4 N–H and O–H groups in total. The van der Waals surface area contributed by atoms with Crippen LogP contribution in [0.1, 0.15) is 39.8 Å². The molecule has 0 fully saturated rings. The number of benzene rings is 1. The first kappa shape index (κ1) is 22.5. The van der Waals surface area contributed by atoms with Gasteiger partial charge in [-0.15, -0.1) is 0 Å². The Kier molecular flexibility index (Phi) is 6.71. The number of nitrogens with zero attached hydrogens (tertiary/aromatic N) is 2. The highest BCUT2D eigenvalue weighted by molar-refractivity contribution is 7.08. The number of amides is 2. The average molecular weight is 465 g/mol. The zero-order chi connectivity index (χ0) is 23.4. The first-order valence-electron chi connectivity index (χ1n) is 10.5. The van der Waals surface area contributed by atoms with E-state index in [1.54, 1.807) is 47.0 Å². The number of nitrogens with one attached hydrogen (secondary N) is 2. The molecule has 3 aromatic heterocycles. The number of aliphatic hydroxyl groups is 1. The fourth-order valence-electron chi connectivity index (χ4n) is 3.48. The second-order valence-electron chi connectivity index (χ2n) is 7.55. The number of aromatic hydroxyl groups is 1. The van der Waals surface area contributed by atoms with Gasteiger partial charge in [-0.05, 0) is 47.7 Å². The van der Waals surface area contributed by atoms with Crippen LogP contribution in [-0.4, -0.2) is 44.1 Å². The molecule has 4 aromatic rings. The zero-order valence-electron chi connectivity index (χ0n) is 18.0. The number of thiophene rings is 1. The summed E-state index contributed by atoms with van der Waals surface area (Å²) in [6, 6.07) is 11.4. The van der Waals surface area contributed by atoms with Gasteiger partial charge in [-0.2, -0.15) is 11.3 Å². The molecule has 0 aliphatic rings. The summed E-state index contributed by atoms with van der Waals surface area (Å²) in [7, 11) is 0. The maximum atomic E-state index is 13.2. The van der Waals surface area contributed by atoms with E-state index in [9.17, 15) is 19.8 Å². The maximum absolute atomic E-state index is 13.2. The number of carbonyl (C=O) groups excluding carboxylic acids is 2. The molecule has 0 saturated heterocycles. The summed E-state index contributed by atoms with van der Waals surface area (Å²) in [4.78, 5) is 30.9. The van der Waals surface area contributed by atoms with E-state index in [4.69, 9.17) is 0 Å². The standard InChI is InChI=1S/C24H24N4O4S/c1-2-17(13-29)26-24(32)21-20(16-9-11-33-14-16)27-22-19(4-3-10-28(21)22)23(31)25-12-15-5-7-18(30)8-6-15/h3-11,14,17,29-30H,2,12-13H2,1H3,(H,25,31)(H,26,32)/t17-/m0/s1. The van der Waals surface area contributed by atoms with Gasteiger partial charge in [0.15, 0.2) is 5.65 Å². The molecule has 1 atom stereocenters. The maximum Gasteiger partial charge on any atom is 0.270 e. The molecule has 0 bridgehead atoms. The number of pyridine rings is 1. The van der Waals surface area contributed by atoms with Crippen molar-refractivity contribution in [2.24, 2.45) is 0 Å². The number of hydrogen-bond acceptors (Lipinski definition) is 6. The molecule has 0 radical (unpaired) electrons. The van der Waals surface area contributed by atoms with Gasteiger partial charge in [-0.1, -0.05) is 19.1 Å². The quantitative estimate of drug-likeness (QED) is 0.320. The Labute approximate surface area is 194 Å². The number of imidazole rings is 1. The third kappa shape index (κ3) is 4.74. The van der Waals surface area contributed by atoms with Crippen molar-refractivity contribution in [3.05, 3.63) is 76.2 Å². The number of rotatable bonds is 8.